The van der Waals surface area contributed by atoms with Crippen LogP contribution in [0.5, 0.6) is 5.75 Å². The van der Waals surface area contributed by atoms with E-state index in [1.165, 1.54) is 24.3 Å². The van der Waals surface area contributed by atoms with Crippen LogP contribution in [0.15, 0.2) is 54.6 Å². The fourth-order valence-electron chi connectivity index (χ4n) is 4.27. The smallest absolute Gasteiger partial charge is 0.344 e. The lowest BCUT2D eigenvalue weighted by Gasteiger charge is -2.25. The number of non-ortho nitro benzene ring substituents is 1. The van der Waals surface area contributed by atoms with Gasteiger partial charge in [0, 0.05) is 12.1 Å². The summed E-state index contributed by atoms with van der Waals surface area (Å²) in [5, 5.41) is 10.8. The van der Waals surface area contributed by atoms with Crippen LogP contribution in [0, 0.1) is 10.1 Å². The molecule has 0 N–H and O–H groups in total. The van der Waals surface area contributed by atoms with E-state index in [0.717, 1.165) is 28.2 Å². The number of hydrogen-bond acceptors (Lipinski definition) is 6. The highest BCUT2D eigenvalue weighted by molar-refractivity contribution is 6.37. The second kappa shape index (κ2) is 9.54. The Morgan fingerprint density at radius 2 is 1.56 bits per heavy atom. The first-order valence-corrected chi connectivity index (χ1v) is 11.7. The number of ether oxygens (including phenoxy) is 1. The van der Waals surface area contributed by atoms with Gasteiger partial charge in [0.2, 0.25) is 0 Å². The van der Waals surface area contributed by atoms with Gasteiger partial charge in [0.15, 0.2) is 0 Å². The molecule has 0 aliphatic carbocycles. The first-order chi connectivity index (χ1) is 17.0. The van der Waals surface area contributed by atoms with E-state index in [4.69, 9.17) is 16.3 Å². The van der Waals surface area contributed by atoms with Crippen LogP contribution in [-0.4, -0.2) is 22.7 Å². The number of nitrogens with zero attached hydrogens (tertiary/aromatic N) is 2. The van der Waals surface area contributed by atoms with Crippen LogP contribution in [0.1, 0.15) is 81.7 Å². The fourth-order valence-corrected chi connectivity index (χ4v) is 4.48. The van der Waals surface area contributed by atoms with Crippen molar-refractivity contribution in [2.75, 3.05) is 4.90 Å². The van der Waals surface area contributed by atoms with Gasteiger partial charge in [-0.25, -0.2) is 9.69 Å². The molecule has 0 spiro atoms. The Hall–Kier alpha value is -4.04. The number of rotatable bonds is 6. The van der Waals surface area contributed by atoms with Gasteiger partial charge in [-0.1, -0.05) is 63.6 Å². The number of amides is 2. The molecular weight excluding hydrogens is 484 g/mol. The number of imide groups is 1. The number of nitro benzene ring substituents is 1. The molecule has 4 rings (SSSR count). The minimum absolute atomic E-state index is 0.0386. The Balaban J connectivity index is 1.77. The van der Waals surface area contributed by atoms with Gasteiger partial charge in [0.05, 0.1) is 32.3 Å². The molecule has 0 atom stereocenters. The molecule has 0 saturated heterocycles. The number of halogens is 1. The lowest BCUT2D eigenvalue weighted by Crippen LogP contribution is -2.32. The highest BCUT2D eigenvalue weighted by Gasteiger charge is 2.42. The summed E-state index contributed by atoms with van der Waals surface area (Å²) in [5.41, 5.74) is 1.90. The topological polar surface area (TPSA) is 107 Å². The number of carbonyl (C=O) groups is 3. The lowest BCUT2D eigenvalue weighted by molar-refractivity contribution is -0.384. The molecule has 0 saturated carbocycles. The van der Waals surface area contributed by atoms with Crippen LogP contribution >= 0.6 is 11.6 Å². The highest BCUT2D eigenvalue weighted by atomic mass is 35.5. The predicted molar refractivity (Wildman–Crippen MR) is 135 cm³/mol. The van der Waals surface area contributed by atoms with E-state index in [1.54, 1.807) is 0 Å². The van der Waals surface area contributed by atoms with Crippen molar-refractivity contribution >= 4 is 40.8 Å². The minimum atomic E-state index is -0.910. The molecule has 1 aliphatic heterocycles. The van der Waals surface area contributed by atoms with E-state index in [1.807, 2.05) is 45.9 Å². The van der Waals surface area contributed by atoms with Gasteiger partial charge in [0.25, 0.3) is 17.5 Å². The quantitative estimate of drug-likeness (QED) is 0.124. The molecule has 36 heavy (non-hydrogen) atoms. The van der Waals surface area contributed by atoms with Crippen LogP contribution in [0.2, 0.25) is 5.02 Å². The SMILES string of the molecule is CC(C)c1cccc(C(C)C)c1N1C(=O)c2cccc(C(=O)Oc3ccc([N+](=O)[O-])cc3Cl)c2C1=O. The predicted octanol–water partition coefficient (Wildman–Crippen LogP) is 6.51. The van der Waals surface area contributed by atoms with Crippen LogP contribution in [0.25, 0.3) is 0 Å². The maximum absolute atomic E-state index is 13.7. The average Bonchev–Trinajstić information content (AvgIpc) is 3.09. The highest BCUT2D eigenvalue weighted by Crippen LogP contribution is 2.40. The number of carbonyl (C=O) groups excluding carboxylic acids is 3. The van der Waals surface area contributed by atoms with Gasteiger partial charge < -0.3 is 4.74 Å². The van der Waals surface area contributed by atoms with Crippen molar-refractivity contribution in [3.63, 3.8) is 0 Å². The van der Waals surface area contributed by atoms with E-state index in [2.05, 4.69) is 0 Å². The van der Waals surface area contributed by atoms with Crippen molar-refractivity contribution in [3.8, 4) is 5.75 Å². The molecule has 184 valence electrons. The Morgan fingerprint density at radius 1 is 0.944 bits per heavy atom. The molecule has 2 amide bonds. The molecule has 0 bridgehead atoms. The summed E-state index contributed by atoms with van der Waals surface area (Å²) in [7, 11) is 0. The number of fused-ring (bicyclic) bond motifs is 1. The van der Waals surface area contributed by atoms with E-state index >= 15 is 0 Å². The second-order valence-electron chi connectivity index (χ2n) is 9.03. The number of nitro groups is 1. The zero-order valence-electron chi connectivity index (χ0n) is 20.1. The maximum atomic E-state index is 13.7. The number of hydrogen-bond donors (Lipinski definition) is 0. The Morgan fingerprint density at radius 3 is 2.11 bits per heavy atom. The van der Waals surface area contributed by atoms with Gasteiger partial charge in [-0.05, 0) is 41.2 Å². The van der Waals surface area contributed by atoms with Crippen LogP contribution in [0.3, 0.4) is 0 Å². The molecule has 0 aromatic heterocycles. The largest absolute Gasteiger partial charge is 0.421 e. The summed E-state index contributed by atoms with van der Waals surface area (Å²) in [4.78, 5) is 51.8. The summed E-state index contributed by atoms with van der Waals surface area (Å²) in [6.07, 6.45) is 0. The third-order valence-electron chi connectivity index (χ3n) is 6.03. The summed E-state index contributed by atoms with van der Waals surface area (Å²) in [6.45, 7) is 7.94. The number of esters is 1. The molecule has 1 heterocycles. The first kappa shape index (κ1) is 25.1. The summed E-state index contributed by atoms with van der Waals surface area (Å²) in [6, 6.07) is 13.5. The lowest BCUT2D eigenvalue weighted by atomic mass is 9.92. The van der Waals surface area contributed by atoms with Crippen LogP contribution in [-0.2, 0) is 0 Å². The number of para-hydroxylation sites is 1. The molecule has 3 aromatic rings. The van der Waals surface area contributed by atoms with Crippen molar-refractivity contribution in [2.45, 2.75) is 39.5 Å². The minimum Gasteiger partial charge on any atom is -0.421 e. The monoisotopic (exact) mass is 506 g/mol. The van der Waals surface area contributed by atoms with E-state index < -0.39 is 22.7 Å². The Labute approximate surface area is 212 Å². The molecule has 3 aromatic carbocycles. The zero-order valence-corrected chi connectivity index (χ0v) is 20.8. The van der Waals surface area contributed by atoms with E-state index in [9.17, 15) is 24.5 Å². The van der Waals surface area contributed by atoms with Crippen molar-refractivity contribution in [3.05, 3.63) is 97.6 Å². The van der Waals surface area contributed by atoms with Crippen molar-refractivity contribution in [2.24, 2.45) is 0 Å². The van der Waals surface area contributed by atoms with Gasteiger partial charge >= 0.3 is 5.97 Å². The second-order valence-corrected chi connectivity index (χ2v) is 9.44. The maximum Gasteiger partial charge on any atom is 0.344 e. The molecular formula is C27H23ClN2O6. The number of anilines is 1. The summed E-state index contributed by atoms with van der Waals surface area (Å²) in [5.74, 6) is -2.08. The normalized spacial score (nSPS) is 12.9. The standard InChI is InChI=1S/C27H23ClN2O6/c1-14(2)17-7-5-8-18(15(3)4)24(17)29-25(31)19-9-6-10-20(23(19)26(29)32)27(33)36-22-12-11-16(30(34)35)13-21(22)28/h5-15H,1-4H3. The van der Waals surface area contributed by atoms with Gasteiger partial charge in [-0.2, -0.15) is 0 Å². The van der Waals surface area contributed by atoms with E-state index in [-0.39, 0.29) is 45.0 Å². The van der Waals surface area contributed by atoms with Gasteiger partial charge in [0.1, 0.15) is 5.75 Å². The van der Waals surface area contributed by atoms with Crippen LogP contribution in [0.4, 0.5) is 11.4 Å². The molecule has 8 nitrogen and oxygen atoms in total. The summed E-state index contributed by atoms with van der Waals surface area (Å²) >= 11 is 6.06. The Bertz CT molecular complexity index is 1400. The molecule has 1 aliphatic rings. The van der Waals surface area contributed by atoms with Crippen molar-refractivity contribution in [1.29, 1.82) is 0 Å². The molecule has 0 unspecified atom stereocenters. The van der Waals surface area contributed by atoms with E-state index in [0.29, 0.717) is 5.69 Å². The average molecular weight is 507 g/mol. The zero-order chi connectivity index (χ0) is 26.3. The molecule has 0 radical (unpaired) electrons. The Kier molecular flexibility index (Phi) is 6.65. The van der Waals surface area contributed by atoms with Gasteiger partial charge in [-0.3, -0.25) is 19.7 Å². The van der Waals surface area contributed by atoms with Crippen molar-refractivity contribution < 1.29 is 24.0 Å². The fraction of sp³-hybridized carbons (Fsp3) is 0.222. The van der Waals surface area contributed by atoms with Crippen molar-refractivity contribution in [1.82, 2.24) is 0 Å². The third kappa shape index (κ3) is 4.24. The first-order valence-electron chi connectivity index (χ1n) is 11.3. The third-order valence-corrected chi connectivity index (χ3v) is 6.33. The van der Waals surface area contributed by atoms with Crippen LogP contribution < -0.4 is 9.64 Å². The molecule has 0 fully saturated rings. The number of benzene rings is 3. The molecule has 9 heteroatoms. The summed E-state index contributed by atoms with van der Waals surface area (Å²) < 4.78 is 5.36. The van der Waals surface area contributed by atoms with Gasteiger partial charge in [-0.15, -0.1) is 0 Å².